The van der Waals surface area contributed by atoms with E-state index >= 15 is 0 Å². The van der Waals surface area contributed by atoms with Gasteiger partial charge in [-0.05, 0) is 56.2 Å². The van der Waals surface area contributed by atoms with Crippen molar-refractivity contribution in [1.29, 1.82) is 0 Å². The number of fused-ring (bicyclic) bond motifs is 1. The molecule has 1 aliphatic rings. The summed E-state index contributed by atoms with van der Waals surface area (Å²) in [5.74, 6) is 0. The molecule has 0 bridgehead atoms. The first-order valence-electron chi connectivity index (χ1n) is 6.68. The fourth-order valence-corrected chi connectivity index (χ4v) is 2.58. The Kier molecular flexibility index (Phi) is 4.19. The number of benzene rings is 1. The highest BCUT2D eigenvalue weighted by Gasteiger charge is 2.15. The van der Waals surface area contributed by atoms with Crippen LogP contribution in [0.3, 0.4) is 0 Å². The van der Waals surface area contributed by atoms with E-state index < -0.39 is 0 Å². The number of aryl methyl sites for hydroxylation is 2. The fraction of sp³-hybridized carbons (Fsp3) is 0.600. The topological polar surface area (TPSA) is 35.2 Å². The predicted molar refractivity (Wildman–Crippen MR) is 71.2 cm³/mol. The molecule has 94 valence electrons. The van der Waals surface area contributed by atoms with Crippen LogP contribution in [0, 0.1) is 0 Å². The molecule has 1 aliphatic carbocycles. The third-order valence-electron chi connectivity index (χ3n) is 3.67. The van der Waals surface area contributed by atoms with Crippen molar-refractivity contribution in [2.24, 2.45) is 5.73 Å². The van der Waals surface area contributed by atoms with Gasteiger partial charge in [0, 0.05) is 12.6 Å². The lowest BCUT2D eigenvalue weighted by Gasteiger charge is -2.20. The van der Waals surface area contributed by atoms with Crippen molar-refractivity contribution in [1.82, 2.24) is 0 Å². The van der Waals surface area contributed by atoms with Crippen molar-refractivity contribution in [2.75, 3.05) is 6.61 Å². The first-order chi connectivity index (χ1) is 8.20. The van der Waals surface area contributed by atoms with E-state index in [1.807, 2.05) is 6.92 Å². The van der Waals surface area contributed by atoms with Gasteiger partial charge in [0.15, 0.2) is 0 Å². The van der Waals surface area contributed by atoms with E-state index in [9.17, 15) is 0 Å². The lowest BCUT2D eigenvalue weighted by molar-refractivity contribution is 0.0577. The molecule has 2 unspecified atom stereocenters. The van der Waals surface area contributed by atoms with Gasteiger partial charge in [-0.25, -0.2) is 0 Å². The van der Waals surface area contributed by atoms with E-state index in [2.05, 4.69) is 25.1 Å². The molecule has 0 saturated heterocycles. The summed E-state index contributed by atoms with van der Waals surface area (Å²) in [5, 5.41) is 0. The lowest BCUT2D eigenvalue weighted by atomic mass is 9.99. The number of hydrogen-bond acceptors (Lipinski definition) is 2. The molecule has 2 rings (SSSR count). The van der Waals surface area contributed by atoms with Gasteiger partial charge in [-0.1, -0.05) is 18.2 Å². The van der Waals surface area contributed by atoms with Crippen LogP contribution in [0.15, 0.2) is 18.2 Å². The molecule has 0 heterocycles. The normalized spacial score (nSPS) is 17.8. The molecule has 0 aromatic heterocycles. The molecule has 0 amide bonds. The summed E-state index contributed by atoms with van der Waals surface area (Å²) in [6, 6.07) is 6.92. The Labute approximate surface area is 104 Å². The molecule has 1 aromatic rings. The Morgan fingerprint density at radius 3 is 2.82 bits per heavy atom. The van der Waals surface area contributed by atoms with Crippen LogP contribution in [-0.2, 0) is 24.0 Å². The van der Waals surface area contributed by atoms with Crippen LogP contribution in [0.5, 0.6) is 0 Å². The summed E-state index contributed by atoms with van der Waals surface area (Å²) >= 11 is 0. The second kappa shape index (κ2) is 5.65. The van der Waals surface area contributed by atoms with Gasteiger partial charge in [-0.3, -0.25) is 0 Å². The largest absolute Gasteiger partial charge is 0.377 e. The van der Waals surface area contributed by atoms with Gasteiger partial charge in [0.25, 0.3) is 0 Å². The summed E-state index contributed by atoms with van der Waals surface area (Å²) in [4.78, 5) is 0. The number of hydrogen-bond donors (Lipinski definition) is 1. The Balaban J connectivity index is 1.99. The van der Waals surface area contributed by atoms with Crippen LogP contribution in [0.2, 0.25) is 0 Å². The average molecular weight is 233 g/mol. The van der Waals surface area contributed by atoms with E-state index in [4.69, 9.17) is 10.5 Å². The van der Waals surface area contributed by atoms with Crippen molar-refractivity contribution >= 4 is 0 Å². The molecular weight excluding hydrogens is 210 g/mol. The van der Waals surface area contributed by atoms with Crippen LogP contribution in [0.1, 0.15) is 37.0 Å². The molecule has 2 heteroatoms. The molecule has 1 aromatic carbocycles. The SMILES string of the molecule is CCOC(C)C(N)Cc1ccc2c(c1)CCC2. The molecule has 0 aliphatic heterocycles. The number of ether oxygens (including phenoxy) is 1. The van der Waals surface area contributed by atoms with Crippen molar-refractivity contribution in [2.45, 2.75) is 51.7 Å². The van der Waals surface area contributed by atoms with Gasteiger partial charge in [0.05, 0.1) is 6.10 Å². The van der Waals surface area contributed by atoms with Gasteiger partial charge < -0.3 is 10.5 Å². The molecule has 0 spiro atoms. The Morgan fingerprint density at radius 2 is 2.06 bits per heavy atom. The quantitative estimate of drug-likeness (QED) is 0.848. The fourth-order valence-electron chi connectivity index (χ4n) is 2.58. The zero-order valence-electron chi connectivity index (χ0n) is 10.9. The summed E-state index contributed by atoms with van der Waals surface area (Å²) in [6.07, 6.45) is 4.83. The maximum atomic E-state index is 6.16. The highest BCUT2D eigenvalue weighted by molar-refractivity contribution is 5.35. The lowest BCUT2D eigenvalue weighted by Crippen LogP contribution is -2.36. The second-order valence-electron chi connectivity index (χ2n) is 4.99. The maximum absolute atomic E-state index is 6.16. The highest BCUT2D eigenvalue weighted by atomic mass is 16.5. The minimum Gasteiger partial charge on any atom is -0.377 e. The molecule has 0 saturated carbocycles. The minimum absolute atomic E-state index is 0.0920. The van der Waals surface area contributed by atoms with Crippen LogP contribution in [0.4, 0.5) is 0 Å². The van der Waals surface area contributed by atoms with Crippen molar-refractivity contribution in [3.8, 4) is 0 Å². The van der Waals surface area contributed by atoms with Crippen LogP contribution in [0.25, 0.3) is 0 Å². The van der Waals surface area contributed by atoms with Crippen LogP contribution < -0.4 is 5.73 Å². The number of nitrogens with two attached hydrogens (primary N) is 1. The Hall–Kier alpha value is -0.860. The van der Waals surface area contributed by atoms with E-state index in [0.29, 0.717) is 0 Å². The molecule has 2 atom stereocenters. The summed E-state index contributed by atoms with van der Waals surface area (Å²) in [7, 11) is 0. The average Bonchev–Trinajstić information content (AvgIpc) is 2.76. The zero-order valence-corrected chi connectivity index (χ0v) is 10.9. The third kappa shape index (κ3) is 3.08. The number of rotatable bonds is 5. The first kappa shape index (κ1) is 12.6. The third-order valence-corrected chi connectivity index (χ3v) is 3.67. The maximum Gasteiger partial charge on any atom is 0.0700 e. The second-order valence-corrected chi connectivity index (χ2v) is 4.99. The Morgan fingerprint density at radius 1 is 1.29 bits per heavy atom. The molecule has 2 nitrogen and oxygen atoms in total. The van der Waals surface area contributed by atoms with E-state index in [0.717, 1.165) is 13.0 Å². The highest BCUT2D eigenvalue weighted by Crippen LogP contribution is 2.23. The summed E-state index contributed by atoms with van der Waals surface area (Å²) in [6.45, 7) is 4.80. The monoisotopic (exact) mass is 233 g/mol. The van der Waals surface area contributed by atoms with Gasteiger partial charge >= 0.3 is 0 Å². The molecule has 0 fully saturated rings. The van der Waals surface area contributed by atoms with Crippen LogP contribution in [-0.4, -0.2) is 18.8 Å². The predicted octanol–water partition coefficient (Wildman–Crippen LogP) is 2.47. The van der Waals surface area contributed by atoms with Crippen LogP contribution >= 0.6 is 0 Å². The zero-order chi connectivity index (χ0) is 12.3. The molecule has 2 N–H and O–H groups in total. The van der Waals surface area contributed by atoms with Gasteiger partial charge in [-0.15, -0.1) is 0 Å². The smallest absolute Gasteiger partial charge is 0.0700 e. The summed E-state index contributed by atoms with van der Waals surface area (Å²) < 4.78 is 5.54. The first-order valence-corrected chi connectivity index (χ1v) is 6.68. The minimum atomic E-state index is 0.0920. The van der Waals surface area contributed by atoms with Gasteiger partial charge in [0.1, 0.15) is 0 Å². The van der Waals surface area contributed by atoms with Gasteiger partial charge in [-0.2, -0.15) is 0 Å². The van der Waals surface area contributed by atoms with E-state index in [1.165, 1.54) is 36.0 Å². The Bertz CT molecular complexity index is 375. The van der Waals surface area contributed by atoms with Crippen molar-refractivity contribution < 1.29 is 4.74 Å². The van der Waals surface area contributed by atoms with Crippen molar-refractivity contribution in [3.05, 3.63) is 34.9 Å². The van der Waals surface area contributed by atoms with Gasteiger partial charge in [0.2, 0.25) is 0 Å². The molecular formula is C15H23NO. The molecule has 17 heavy (non-hydrogen) atoms. The molecule has 0 radical (unpaired) electrons. The van der Waals surface area contributed by atoms with E-state index in [-0.39, 0.29) is 12.1 Å². The standard InChI is InChI=1S/C15H23NO/c1-3-17-11(2)15(16)10-12-7-8-13-5-4-6-14(13)9-12/h7-9,11,15H,3-6,10,16H2,1-2H3. The van der Waals surface area contributed by atoms with E-state index in [1.54, 1.807) is 0 Å². The summed E-state index contributed by atoms with van der Waals surface area (Å²) in [5.41, 5.74) is 10.6. The van der Waals surface area contributed by atoms with Crippen molar-refractivity contribution in [3.63, 3.8) is 0 Å².